The molecule has 0 aliphatic carbocycles. The normalized spacial score (nSPS) is 17.1. The second-order valence-electron chi connectivity index (χ2n) is 6.39. The summed E-state index contributed by atoms with van der Waals surface area (Å²) in [5.41, 5.74) is 3.47. The number of nitrogens with zero attached hydrogens (tertiary/aromatic N) is 2. The van der Waals surface area contributed by atoms with Crippen LogP contribution in [-0.4, -0.2) is 48.1 Å². The fourth-order valence-electron chi connectivity index (χ4n) is 3.15. The molecular weight excluding hydrogens is 356 g/mol. The van der Waals surface area contributed by atoms with Crippen LogP contribution >= 0.6 is 32.9 Å². The van der Waals surface area contributed by atoms with Gasteiger partial charge >= 0.3 is 0 Å². The highest BCUT2D eigenvalue weighted by Gasteiger charge is 2.16. The summed E-state index contributed by atoms with van der Waals surface area (Å²) in [6.45, 7) is 7.35. The Morgan fingerprint density at radius 1 is 1.17 bits per heavy atom. The topological polar surface area (TPSA) is 26.7 Å². The highest BCUT2D eigenvalue weighted by molar-refractivity contribution is 7.80. The van der Waals surface area contributed by atoms with Gasteiger partial charge in [-0.3, -0.25) is 4.90 Å². The van der Waals surface area contributed by atoms with Crippen LogP contribution in [0, 0.1) is 3.82 Å². The Hall–Kier alpha value is -0.790. The van der Waals surface area contributed by atoms with Crippen molar-refractivity contribution in [3.8, 4) is 16.2 Å². The van der Waals surface area contributed by atoms with Gasteiger partial charge in [0.25, 0.3) is 0 Å². The lowest BCUT2D eigenvalue weighted by Gasteiger charge is -2.21. The SMILES string of the molecule is CCc1c(-c2ccc(O)c(CN3CCCN(C)CC3)c2)ssc1=S. The monoisotopic (exact) mass is 380 g/mol. The molecule has 130 valence electrons. The second-order valence-corrected chi connectivity index (χ2v) is 9.21. The Kier molecular flexibility index (Phi) is 6.05. The van der Waals surface area contributed by atoms with Crippen LogP contribution in [0.25, 0.3) is 10.4 Å². The molecule has 1 aliphatic heterocycles. The smallest absolute Gasteiger partial charge is 0.120 e. The van der Waals surface area contributed by atoms with Crippen molar-refractivity contribution < 1.29 is 5.11 Å². The maximum absolute atomic E-state index is 10.3. The van der Waals surface area contributed by atoms with E-state index in [9.17, 15) is 5.11 Å². The van der Waals surface area contributed by atoms with E-state index in [4.69, 9.17) is 12.2 Å². The number of likely N-dealkylation sites (N-methyl/N-ethyl adjacent to an activating group) is 1. The van der Waals surface area contributed by atoms with Gasteiger partial charge in [-0.1, -0.05) is 39.8 Å². The van der Waals surface area contributed by atoms with Gasteiger partial charge < -0.3 is 10.0 Å². The van der Waals surface area contributed by atoms with Crippen molar-refractivity contribution in [1.82, 2.24) is 9.80 Å². The maximum atomic E-state index is 10.3. The van der Waals surface area contributed by atoms with Gasteiger partial charge in [-0.05, 0) is 62.3 Å². The van der Waals surface area contributed by atoms with E-state index in [1.807, 2.05) is 12.1 Å². The van der Waals surface area contributed by atoms with Crippen LogP contribution < -0.4 is 0 Å². The van der Waals surface area contributed by atoms with E-state index in [-0.39, 0.29) is 0 Å². The lowest BCUT2D eigenvalue weighted by molar-refractivity contribution is 0.266. The molecule has 6 heteroatoms. The molecule has 0 spiro atoms. The molecule has 1 aliphatic rings. The van der Waals surface area contributed by atoms with Gasteiger partial charge in [0.1, 0.15) is 9.57 Å². The van der Waals surface area contributed by atoms with Crippen molar-refractivity contribution in [2.24, 2.45) is 0 Å². The minimum Gasteiger partial charge on any atom is -0.508 e. The number of phenols is 1. The fraction of sp³-hybridized carbons (Fsp3) is 0.500. The van der Waals surface area contributed by atoms with Crippen LogP contribution in [0.4, 0.5) is 0 Å². The minimum absolute atomic E-state index is 0.397. The zero-order valence-corrected chi connectivity index (χ0v) is 16.7. The first kappa shape index (κ1) is 18.0. The predicted molar refractivity (Wildman–Crippen MR) is 107 cm³/mol. The third kappa shape index (κ3) is 4.06. The number of rotatable bonds is 4. The molecule has 3 nitrogen and oxygen atoms in total. The number of phenolic OH excluding ortho intramolecular Hbond substituents is 1. The van der Waals surface area contributed by atoms with Crippen molar-refractivity contribution in [2.45, 2.75) is 26.3 Å². The summed E-state index contributed by atoms with van der Waals surface area (Å²) in [6, 6.07) is 6.00. The van der Waals surface area contributed by atoms with Gasteiger partial charge in [-0.2, -0.15) is 0 Å². The molecule has 24 heavy (non-hydrogen) atoms. The molecule has 0 amide bonds. The first-order valence-electron chi connectivity index (χ1n) is 8.43. The minimum atomic E-state index is 0.397. The molecule has 1 fully saturated rings. The van der Waals surface area contributed by atoms with Gasteiger partial charge in [-0.15, -0.1) is 0 Å². The van der Waals surface area contributed by atoms with E-state index in [1.54, 1.807) is 20.7 Å². The summed E-state index contributed by atoms with van der Waals surface area (Å²) < 4.78 is 1.00. The highest BCUT2D eigenvalue weighted by atomic mass is 32.9. The summed E-state index contributed by atoms with van der Waals surface area (Å²) >= 11 is 5.45. The Morgan fingerprint density at radius 2 is 2.00 bits per heavy atom. The largest absolute Gasteiger partial charge is 0.508 e. The Balaban J connectivity index is 1.85. The van der Waals surface area contributed by atoms with Crippen molar-refractivity contribution in [1.29, 1.82) is 0 Å². The van der Waals surface area contributed by atoms with Gasteiger partial charge in [0.05, 0.1) is 4.88 Å². The lowest BCUT2D eigenvalue weighted by Crippen LogP contribution is -2.28. The molecule has 1 saturated heterocycles. The van der Waals surface area contributed by atoms with E-state index >= 15 is 0 Å². The number of aromatic hydroxyl groups is 1. The van der Waals surface area contributed by atoms with E-state index in [2.05, 4.69) is 29.8 Å². The average Bonchev–Trinajstić information content (AvgIpc) is 2.82. The third-order valence-electron chi connectivity index (χ3n) is 4.62. The molecule has 2 aromatic rings. The number of benzene rings is 1. The Morgan fingerprint density at radius 3 is 2.79 bits per heavy atom. The van der Waals surface area contributed by atoms with E-state index in [0.29, 0.717) is 5.75 Å². The molecule has 2 heterocycles. The number of hydrogen-bond donors (Lipinski definition) is 1. The molecule has 0 unspecified atom stereocenters. The summed E-state index contributed by atoms with van der Waals surface area (Å²) in [5.74, 6) is 0.397. The van der Waals surface area contributed by atoms with Gasteiger partial charge in [-0.25, -0.2) is 0 Å². The predicted octanol–water partition coefficient (Wildman–Crippen LogP) is 4.61. The standard InChI is InChI=1S/C18H24N2OS3/c1-3-15-17(23-24-18(15)22)13-5-6-16(21)14(11-13)12-20-8-4-7-19(2)9-10-20/h5-6,11,21H,3-4,7-10,12H2,1-2H3. The van der Waals surface area contributed by atoms with Crippen LogP contribution in [0.3, 0.4) is 0 Å². The molecular formula is C18H24N2OS3. The molecule has 1 aromatic heterocycles. The molecule has 0 bridgehead atoms. The number of hydrogen-bond acceptors (Lipinski definition) is 6. The summed E-state index contributed by atoms with van der Waals surface area (Å²) in [4.78, 5) is 6.09. The maximum Gasteiger partial charge on any atom is 0.120 e. The van der Waals surface area contributed by atoms with Gasteiger partial charge in [0.2, 0.25) is 0 Å². The van der Waals surface area contributed by atoms with Crippen molar-refractivity contribution in [2.75, 3.05) is 33.2 Å². The first-order valence-corrected chi connectivity index (χ1v) is 11.0. The van der Waals surface area contributed by atoms with Gasteiger partial charge in [0.15, 0.2) is 0 Å². The first-order chi connectivity index (χ1) is 11.6. The van der Waals surface area contributed by atoms with Gasteiger partial charge in [0, 0.05) is 25.2 Å². The van der Waals surface area contributed by atoms with Crippen LogP contribution in [0.15, 0.2) is 18.2 Å². The molecule has 1 aromatic carbocycles. The Bertz CT molecular complexity index is 753. The van der Waals surface area contributed by atoms with E-state index < -0.39 is 0 Å². The lowest BCUT2D eigenvalue weighted by atomic mass is 10.0. The Labute approximate surface area is 156 Å². The molecule has 0 atom stereocenters. The van der Waals surface area contributed by atoms with E-state index in [0.717, 1.165) is 48.5 Å². The summed E-state index contributed by atoms with van der Waals surface area (Å²) in [6.07, 6.45) is 2.14. The second kappa shape index (κ2) is 8.06. The molecule has 3 rings (SSSR count). The molecule has 0 radical (unpaired) electrons. The van der Waals surface area contributed by atoms with E-state index in [1.165, 1.54) is 22.4 Å². The quantitative estimate of drug-likeness (QED) is 0.619. The fourth-order valence-corrected chi connectivity index (χ4v) is 6.28. The zero-order valence-electron chi connectivity index (χ0n) is 14.2. The van der Waals surface area contributed by atoms with Crippen molar-refractivity contribution >= 4 is 32.9 Å². The highest BCUT2D eigenvalue weighted by Crippen LogP contribution is 2.37. The van der Waals surface area contributed by atoms with Crippen LogP contribution in [0.2, 0.25) is 0 Å². The summed E-state index contributed by atoms with van der Waals surface area (Å²) in [7, 11) is 5.61. The zero-order chi connectivity index (χ0) is 17.1. The summed E-state index contributed by atoms with van der Waals surface area (Å²) in [5, 5.41) is 10.3. The van der Waals surface area contributed by atoms with Crippen LogP contribution in [-0.2, 0) is 13.0 Å². The third-order valence-corrected chi connectivity index (χ3v) is 7.82. The van der Waals surface area contributed by atoms with Crippen molar-refractivity contribution in [3.63, 3.8) is 0 Å². The van der Waals surface area contributed by atoms with Crippen LogP contribution in [0.5, 0.6) is 5.75 Å². The average molecular weight is 381 g/mol. The molecule has 0 saturated carbocycles. The van der Waals surface area contributed by atoms with Crippen molar-refractivity contribution in [3.05, 3.63) is 33.1 Å². The van der Waals surface area contributed by atoms with Crippen LogP contribution in [0.1, 0.15) is 24.5 Å². The molecule has 1 N–H and O–H groups in total.